The number of hydrogen-bond donors (Lipinski definition) is 1. The molecule has 0 atom stereocenters. The fourth-order valence-electron chi connectivity index (χ4n) is 1.85. The van der Waals surface area contributed by atoms with Gasteiger partial charge >= 0.3 is 0 Å². The second kappa shape index (κ2) is 7.01. The molecule has 1 aromatic carbocycles. The molecule has 1 heterocycles. The highest BCUT2D eigenvalue weighted by molar-refractivity contribution is 5.51. The second-order valence-corrected chi connectivity index (χ2v) is 4.56. The average molecular weight is 260 g/mol. The highest BCUT2D eigenvalue weighted by atomic mass is 16.4. The van der Waals surface area contributed by atoms with Gasteiger partial charge in [0.25, 0.3) is 0 Å². The van der Waals surface area contributed by atoms with E-state index in [9.17, 15) is 0 Å². The zero-order chi connectivity index (χ0) is 13.5. The van der Waals surface area contributed by atoms with Gasteiger partial charge in [0.2, 0.25) is 11.8 Å². The van der Waals surface area contributed by atoms with Crippen molar-refractivity contribution in [1.29, 1.82) is 0 Å². The Morgan fingerprint density at radius 3 is 2.74 bits per heavy atom. The van der Waals surface area contributed by atoms with Gasteiger partial charge in [-0.1, -0.05) is 18.2 Å². The first-order chi connectivity index (χ1) is 9.29. The maximum atomic E-state index is 5.67. The van der Waals surface area contributed by atoms with Gasteiger partial charge in [0.1, 0.15) is 0 Å². The molecule has 102 valence electrons. The summed E-state index contributed by atoms with van der Waals surface area (Å²) in [7, 11) is 4.02. The van der Waals surface area contributed by atoms with Crippen LogP contribution in [0.2, 0.25) is 0 Å². The Bertz CT molecular complexity index is 483. The number of nitrogens with zero attached hydrogens (tertiary/aromatic N) is 3. The molecule has 2 rings (SSSR count). The van der Waals surface area contributed by atoms with Crippen LogP contribution in [0.1, 0.15) is 12.3 Å². The van der Waals surface area contributed by atoms with E-state index in [-0.39, 0.29) is 0 Å². The molecule has 0 bridgehead atoms. The lowest BCUT2D eigenvalue weighted by Gasteiger charge is -2.13. The predicted octanol–water partition coefficient (Wildman–Crippen LogP) is 1.78. The van der Waals surface area contributed by atoms with Crippen LogP contribution in [0.3, 0.4) is 0 Å². The maximum absolute atomic E-state index is 5.67. The Labute approximate surface area is 113 Å². The molecule has 0 aliphatic rings. The van der Waals surface area contributed by atoms with Crippen molar-refractivity contribution in [3.05, 3.63) is 36.2 Å². The van der Waals surface area contributed by atoms with Crippen LogP contribution in [0.25, 0.3) is 11.5 Å². The summed E-state index contributed by atoms with van der Waals surface area (Å²) in [5, 5.41) is 11.3. The highest BCUT2D eigenvalue weighted by Crippen LogP contribution is 2.17. The SMILES string of the molecule is CNCCCN(C)Cc1nnc(-c2ccccc2)o1. The van der Waals surface area contributed by atoms with Crippen molar-refractivity contribution >= 4 is 0 Å². The third-order valence-electron chi connectivity index (χ3n) is 2.86. The van der Waals surface area contributed by atoms with E-state index in [4.69, 9.17) is 4.42 Å². The van der Waals surface area contributed by atoms with Gasteiger partial charge in [-0.3, -0.25) is 4.90 Å². The van der Waals surface area contributed by atoms with Crippen molar-refractivity contribution in [3.8, 4) is 11.5 Å². The second-order valence-electron chi connectivity index (χ2n) is 4.56. The minimum absolute atomic E-state index is 0.583. The highest BCUT2D eigenvalue weighted by Gasteiger charge is 2.09. The standard InChI is InChI=1S/C14H20N4O/c1-15-9-6-10-18(2)11-13-16-17-14(19-13)12-7-4-3-5-8-12/h3-5,7-8,15H,6,9-11H2,1-2H3. The molecule has 0 saturated heterocycles. The molecule has 0 saturated carbocycles. The lowest BCUT2D eigenvalue weighted by molar-refractivity contribution is 0.286. The first-order valence-corrected chi connectivity index (χ1v) is 6.50. The quantitative estimate of drug-likeness (QED) is 0.769. The smallest absolute Gasteiger partial charge is 0.247 e. The molecule has 0 spiro atoms. The van der Waals surface area contributed by atoms with Crippen molar-refractivity contribution in [3.63, 3.8) is 0 Å². The molecule has 1 N–H and O–H groups in total. The summed E-state index contributed by atoms with van der Waals surface area (Å²) in [4.78, 5) is 2.18. The summed E-state index contributed by atoms with van der Waals surface area (Å²) in [6.07, 6.45) is 1.10. The van der Waals surface area contributed by atoms with Gasteiger partial charge < -0.3 is 9.73 Å². The summed E-state index contributed by atoms with van der Waals surface area (Å²) in [6, 6.07) is 9.82. The van der Waals surface area contributed by atoms with Crippen molar-refractivity contribution in [2.45, 2.75) is 13.0 Å². The minimum atomic E-state index is 0.583. The summed E-state index contributed by atoms with van der Waals surface area (Å²) >= 11 is 0. The molecule has 5 nitrogen and oxygen atoms in total. The maximum Gasteiger partial charge on any atom is 0.247 e. The Morgan fingerprint density at radius 2 is 2.00 bits per heavy atom. The van der Waals surface area contributed by atoms with Gasteiger partial charge in [0.15, 0.2) is 0 Å². The fraction of sp³-hybridized carbons (Fsp3) is 0.429. The molecule has 0 amide bonds. The number of rotatable bonds is 7. The first kappa shape index (κ1) is 13.7. The molecule has 5 heteroatoms. The van der Waals surface area contributed by atoms with Crippen LogP contribution in [0.5, 0.6) is 0 Å². The minimum Gasteiger partial charge on any atom is -0.419 e. The number of benzene rings is 1. The molecule has 2 aromatic rings. The monoisotopic (exact) mass is 260 g/mol. The molecule has 0 aliphatic carbocycles. The van der Waals surface area contributed by atoms with Gasteiger partial charge in [-0.25, -0.2) is 0 Å². The van der Waals surface area contributed by atoms with Gasteiger partial charge in [-0.15, -0.1) is 10.2 Å². The normalized spacial score (nSPS) is 11.1. The summed E-state index contributed by atoms with van der Waals surface area (Å²) in [5.41, 5.74) is 0.957. The Hall–Kier alpha value is -1.72. The average Bonchev–Trinajstić information content (AvgIpc) is 2.88. The molecular weight excluding hydrogens is 240 g/mol. The summed E-state index contributed by atoms with van der Waals surface area (Å²) < 4.78 is 5.67. The largest absolute Gasteiger partial charge is 0.419 e. The van der Waals surface area contributed by atoms with Crippen LogP contribution < -0.4 is 5.32 Å². The van der Waals surface area contributed by atoms with Crippen molar-refractivity contribution < 1.29 is 4.42 Å². The van der Waals surface area contributed by atoms with Crippen LogP contribution in [0.15, 0.2) is 34.7 Å². The third kappa shape index (κ3) is 4.15. The molecule has 1 aromatic heterocycles. The van der Waals surface area contributed by atoms with E-state index >= 15 is 0 Å². The lowest BCUT2D eigenvalue weighted by atomic mass is 10.2. The van der Waals surface area contributed by atoms with E-state index in [1.165, 1.54) is 0 Å². The molecule has 19 heavy (non-hydrogen) atoms. The van der Waals surface area contributed by atoms with Crippen molar-refractivity contribution in [2.75, 3.05) is 27.2 Å². The third-order valence-corrected chi connectivity index (χ3v) is 2.86. The van der Waals surface area contributed by atoms with E-state index in [0.29, 0.717) is 18.3 Å². The molecular formula is C14H20N4O. The van der Waals surface area contributed by atoms with Gasteiger partial charge in [0.05, 0.1) is 6.54 Å². The zero-order valence-corrected chi connectivity index (χ0v) is 11.5. The van der Waals surface area contributed by atoms with Crippen LogP contribution in [-0.2, 0) is 6.54 Å². The number of nitrogens with one attached hydrogen (secondary N) is 1. The lowest BCUT2D eigenvalue weighted by Crippen LogP contribution is -2.22. The molecule has 0 aliphatic heterocycles. The summed E-state index contributed by atoms with van der Waals surface area (Å²) in [5.74, 6) is 1.24. The molecule has 0 fully saturated rings. The molecule has 0 unspecified atom stereocenters. The van der Waals surface area contributed by atoms with Crippen LogP contribution in [0.4, 0.5) is 0 Å². The van der Waals surface area contributed by atoms with Crippen LogP contribution in [-0.4, -0.2) is 42.3 Å². The Balaban J connectivity index is 1.91. The van der Waals surface area contributed by atoms with Gasteiger partial charge in [-0.05, 0) is 45.7 Å². The fourth-order valence-corrected chi connectivity index (χ4v) is 1.85. The van der Waals surface area contributed by atoms with E-state index in [1.54, 1.807) is 0 Å². The van der Waals surface area contributed by atoms with Gasteiger partial charge in [0, 0.05) is 5.56 Å². The van der Waals surface area contributed by atoms with E-state index in [2.05, 4.69) is 27.5 Å². The van der Waals surface area contributed by atoms with Crippen LogP contribution in [0, 0.1) is 0 Å². The van der Waals surface area contributed by atoms with Crippen LogP contribution >= 0.6 is 0 Å². The number of hydrogen-bond acceptors (Lipinski definition) is 5. The Kier molecular flexibility index (Phi) is 5.06. The predicted molar refractivity (Wildman–Crippen MR) is 74.6 cm³/mol. The zero-order valence-electron chi connectivity index (χ0n) is 11.5. The molecule has 0 radical (unpaired) electrons. The Morgan fingerprint density at radius 1 is 1.21 bits per heavy atom. The topological polar surface area (TPSA) is 54.2 Å². The van der Waals surface area contributed by atoms with Crippen molar-refractivity contribution in [2.24, 2.45) is 0 Å². The number of aromatic nitrogens is 2. The van der Waals surface area contributed by atoms with E-state index in [1.807, 2.05) is 37.4 Å². The van der Waals surface area contributed by atoms with E-state index < -0.39 is 0 Å². The van der Waals surface area contributed by atoms with Crippen molar-refractivity contribution in [1.82, 2.24) is 20.4 Å². The summed E-state index contributed by atoms with van der Waals surface area (Å²) in [6.45, 7) is 2.71. The van der Waals surface area contributed by atoms with Gasteiger partial charge in [-0.2, -0.15) is 0 Å². The first-order valence-electron chi connectivity index (χ1n) is 6.50. The van der Waals surface area contributed by atoms with E-state index in [0.717, 1.165) is 25.1 Å².